The highest BCUT2D eigenvalue weighted by molar-refractivity contribution is 5.86. The molecule has 1 spiro atoms. The van der Waals surface area contributed by atoms with Crippen LogP contribution in [0.2, 0.25) is 0 Å². The molecule has 3 aliphatic rings. The minimum absolute atomic E-state index is 0.208. The Morgan fingerprint density at radius 3 is 2.76 bits per heavy atom. The van der Waals surface area contributed by atoms with Crippen molar-refractivity contribution >= 4 is 11.7 Å². The van der Waals surface area contributed by atoms with E-state index in [2.05, 4.69) is 4.98 Å². The summed E-state index contributed by atoms with van der Waals surface area (Å²) in [6.07, 6.45) is 7.36. The molecule has 0 aromatic carbocycles. The fourth-order valence-electron chi connectivity index (χ4n) is 4.87. The first kappa shape index (κ1) is 16.8. The fraction of sp³-hybridized carbons (Fsp3) is 0.684. The molecule has 5 nitrogen and oxygen atoms in total. The molecule has 1 atom stereocenters. The smallest absolute Gasteiger partial charge is 0.230 e. The Hall–Kier alpha value is -1.69. The van der Waals surface area contributed by atoms with E-state index in [9.17, 15) is 14.3 Å². The van der Waals surface area contributed by atoms with E-state index in [1.54, 1.807) is 12.3 Å². The zero-order valence-corrected chi connectivity index (χ0v) is 14.5. The second kappa shape index (κ2) is 6.56. The molecule has 0 radical (unpaired) electrons. The van der Waals surface area contributed by atoms with Crippen molar-refractivity contribution in [2.45, 2.75) is 57.1 Å². The third-order valence-electron chi connectivity index (χ3n) is 6.27. The number of carbonyl (C=O) groups excluding carboxylic acids is 1. The van der Waals surface area contributed by atoms with Gasteiger partial charge in [-0.05, 0) is 57.1 Å². The van der Waals surface area contributed by atoms with Gasteiger partial charge in [0, 0.05) is 31.9 Å². The number of amides is 1. The Morgan fingerprint density at radius 1 is 1.20 bits per heavy atom. The average Bonchev–Trinajstić information content (AvgIpc) is 2.92. The Labute approximate surface area is 147 Å². The zero-order chi connectivity index (χ0) is 17.4. The number of aliphatic hydroxyl groups is 1. The molecular formula is C19H26FN3O2. The zero-order valence-electron chi connectivity index (χ0n) is 14.5. The van der Waals surface area contributed by atoms with E-state index in [4.69, 9.17) is 0 Å². The molecule has 1 aliphatic carbocycles. The SMILES string of the molecule is O=C1N(C2CCC(O)CC2)CCC12CCCN(c1ncccc1F)C2. The van der Waals surface area contributed by atoms with Gasteiger partial charge in [-0.2, -0.15) is 0 Å². The largest absolute Gasteiger partial charge is 0.393 e. The molecule has 1 aromatic rings. The summed E-state index contributed by atoms with van der Waals surface area (Å²) < 4.78 is 14.1. The highest BCUT2D eigenvalue weighted by Gasteiger charge is 2.51. The summed E-state index contributed by atoms with van der Waals surface area (Å²) in [7, 11) is 0. The van der Waals surface area contributed by atoms with Crippen LogP contribution in [0.5, 0.6) is 0 Å². The summed E-state index contributed by atoms with van der Waals surface area (Å²) in [6, 6.07) is 3.29. The molecule has 1 N–H and O–H groups in total. The van der Waals surface area contributed by atoms with Gasteiger partial charge in [-0.25, -0.2) is 9.37 Å². The lowest BCUT2D eigenvalue weighted by atomic mass is 9.78. The number of hydrogen-bond donors (Lipinski definition) is 1. The van der Waals surface area contributed by atoms with E-state index < -0.39 is 5.41 Å². The van der Waals surface area contributed by atoms with Gasteiger partial charge in [-0.1, -0.05) is 0 Å². The number of rotatable bonds is 2. The maximum atomic E-state index is 14.1. The van der Waals surface area contributed by atoms with Crippen molar-refractivity contribution in [3.8, 4) is 0 Å². The highest BCUT2D eigenvalue weighted by atomic mass is 19.1. The number of likely N-dealkylation sites (tertiary alicyclic amines) is 1. The van der Waals surface area contributed by atoms with Gasteiger partial charge < -0.3 is 14.9 Å². The summed E-state index contributed by atoms with van der Waals surface area (Å²) in [6.45, 7) is 2.10. The van der Waals surface area contributed by atoms with Gasteiger partial charge >= 0.3 is 0 Å². The van der Waals surface area contributed by atoms with E-state index in [1.165, 1.54) is 6.07 Å². The summed E-state index contributed by atoms with van der Waals surface area (Å²) in [5.41, 5.74) is -0.391. The molecule has 0 bridgehead atoms. The number of aromatic nitrogens is 1. The lowest BCUT2D eigenvalue weighted by molar-refractivity contribution is -0.139. The maximum absolute atomic E-state index is 14.1. The van der Waals surface area contributed by atoms with Crippen LogP contribution in [0.25, 0.3) is 0 Å². The fourth-order valence-corrected chi connectivity index (χ4v) is 4.87. The highest BCUT2D eigenvalue weighted by Crippen LogP contribution is 2.43. The molecular weight excluding hydrogens is 321 g/mol. The van der Waals surface area contributed by atoms with Gasteiger partial charge in [0.25, 0.3) is 0 Å². The number of hydrogen-bond acceptors (Lipinski definition) is 4. The third-order valence-corrected chi connectivity index (χ3v) is 6.27. The van der Waals surface area contributed by atoms with E-state index in [0.29, 0.717) is 12.4 Å². The van der Waals surface area contributed by atoms with Gasteiger partial charge in [-0.15, -0.1) is 0 Å². The number of pyridine rings is 1. The lowest BCUT2D eigenvalue weighted by Crippen LogP contribution is -2.50. The van der Waals surface area contributed by atoms with Crippen molar-refractivity contribution in [1.29, 1.82) is 0 Å². The van der Waals surface area contributed by atoms with Crippen LogP contribution >= 0.6 is 0 Å². The van der Waals surface area contributed by atoms with Crippen LogP contribution in [0.1, 0.15) is 44.9 Å². The van der Waals surface area contributed by atoms with Crippen molar-refractivity contribution in [2.24, 2.45) is 5.41 Å². The number of anilines is 1. The van der Waals surface area contributed by atoms with Crippen LogP contribution in [-0.4, -0.2) is 52.7 Å². The topological polar surface area (TPSA) is 56.7 Å². The Morgan fingerprint density at radius 2 is 2.00 bits per heavy atom. The molecule has 1 saturated carbocycles. The van der Waals surface area contributed by atoms with Gasteiger partial charge in [0.05, 0.1) is 11.5 Å². The van der Waals surface area contributed by atoms with Gasteiger partial charge in [0.1, 0.15) is 0 Å². The Kier molecular flexibility index (Phi) is 4.40. The van der Waals surface area contributed by atoms with Crippen LogP contribution < -0.4 is 4.90 Å². The average molecular weight is 347 g/mol. The summed E-state index contributed by atoms with van der Waals surface area (Å²) in [5.74, 6) is 0.284. The Balaban J connectivity index is 1.50. The van der Waals surface area contributed by atoms with Crippen molar-refractivity contribution in [2.75, 3.05) is 24.5 Å². The molecule has 25 heavy (non-hydrogen) atoms. The lowest BCUT2D eigenvalue weighted by Gasteiger charge is -2.41. The van der Waals surface area contributed by atoms with E-state index in [1.807, 2.05) is 9.80 Å². The second-order valence-corrected chi connectivity index (χ2v) is 7.83. The molecule has 1 aromatic heterocycles. The van der Waals surface area contributed by atoms with Crippen LogP contribution in [0.4, 0.5) is 10.2 Å². The van der Waals surface area contributed by atoms with Crippen molar-refractivity contribution in [1.82, 2.24) is 9.88 Å². The number of carbonyl (C=O) groups is 1. The first-order chi connectivity index (χ1) is 12.1. The summed E-state index contributed by atoms with van der Waals surface area (Å²) in [5, 5.41) is 9.71. The van der Waals surface area contributed by atoms with Crippen LogP contribution in [-0.2, 0) is 4.79 Å². The number of piperidine rings is 1. The predicted octanol–water partition coefficient (Wildman–Crippen LogP) is 2.34. The van der Waals surface area contributed by atoms with Gasteiger partial charge in [0.2, 0.25) is 5.91 Å². The molecule has 2 saturated heterocycles. The molecule has 4 rings (SSSR count). The molecule has 6 heteroatoms. The third kappa shape index (κ3) is 3.01. The number of halogens is 1. The van der Waals surface area contributed by atoms with Gasteiger partial charge in [0.15, 0.2) is 11.6 Å². The van der Waals surface area contributed by atoms with Gasteiger partial charge in [-0.3, -0.25) is 4.79 Å². The summed E-state index contributed by atoms with van der Waals surface area (Å²) in [4.78, 5) is 21.4. The molecule has 136 valence electrons. The minimum atomic E-state index is -0.391. The Bertz CT molecular complexity index is 647. The number of aliphatic hydroxyl groups excluding tert-OH is 1. The first-order valence-electron chi connectivity index (χ1n) is 9.44. The standard InChI is InChI=1S/C19H26FN3O2/c20-16-3-1-10-21-17(16)22-11-2-8-19(13-22)9-12-23(18(19)25)14-4-6-15(24)7-5-14/h1,3,10,14-15,24H,2,4-9,11-13H2. The van der Waals surface area contributed by atoms with E-state index >= 15 is 0 Å². The number of nitrogens with zero attached hydrogens (tertiary/aromatic N) is 3. The predicted molar refractivity (Wildman–Crippen MR) is 92.7 cm³/mol. The monoisotopic (exact) mass is 347 g/mol. The molecule has 2 aliphatic heterocycles. The normalized spacial score (nSPS) is 33.3. The van der Waals surface area contributed by atoms with Crippen LogP contribution in [0, 0.1) is 11.2 Å². The maximum Gasteiger partial charge on any atom is 0.230 e. The van der Waals surface area contributed by atoms with E-state index in [-0.39, 0.29) is 23.9 Å². The molecule has 1 unspecified atom stereocenters. The molecule has 3 heterocycles. The second-order valence-electron chi connectivity index (χ2n) is 7.83. The van der Waals surface area contributed by atoms with E-state index in [0.717, 1.165) is 58.0 Å². The van der Waals surface area contributed by atoms with Crippen LogP contribution in [0.3, 0.4) is 0 Å². The van der Waals surface area contributed by atoms with Crippen molar-refractivity contribution in [3.63, 3.8) is 0 Å². The quantitative estimate of drug-likeness (QED) is 0.892. The summed E-state index contributed by atoms with van der Waals surface area (Å²) >= 11 is 0. The van der Waals surface area contributed by atoms with Crippen LogP contribution in [0.15, 0.2) is 18.3 Å². The molecule has 1 amide bonds. The first-order valence-corrected chi connectivity index (χ1v) is 9.44. The van der Waals surface area contributed by atoms with Crippen molar-refractivity contribution in [3.05, 3.63) is 24.1 Å². The minimum Gasteiger partial charge on any atom is -0.393 e. The molecule has 3 fully saturated rings. The van der Waals surface area contributed by atoms with Crippen molar-refractivity contribution < 1.29 is 14.3 Å².